The minimum absolute atomic E-state index is 0.0257. The third-order valence-electron chi connectivity index (χ3n) is 14.8. The van der Waals surface area contributed by atoms with Crippen molar-refractivity contribution in [1.82, 2.24) is 39.9 Å². The Morgan fingerprint density at radius 1 is 0.900 bits per heavy atom. The van der Waals surface area contributed by atoms with Gasteiger partial charge in [0.1, 0.15) is 18.0 Å². The van der Waals surface area contributed by atoms with Gasteiger partial charge in [-0.15, -0.1) is 0 Å². The zero-order valence-electron chi connectivity index (χ0n) is 39.5. The molecule has 1 saturated carbocycles. The van der Waals surface area contributed by atoms with Crippen LogP contribution in [0.15, 0.2) is 47.3 Å². The average Bonchev–Trinajstić information content (AvgIpc) is 3.99. The molecular weight excluding hydrogens is 926 g/mol. The number of aromatic amines is 1. The molecule has 4 aliphatic rings. The summed E-state index contributed by atoms with van der Waals surface area (Å²) in [4.78, 5) is 129. The second-order valence-electron chi connectivity index (χ2n) is 20.3. The van der Waals surface area contributed by atoms with Crippen molar-refractivity contribution in [3.8, 4) is 0 Å². The number of rotatable bonds is 14. The molecule has 0 radical (unpaired) electrons. The van der Waals surface area contributed by atoms with Crippen molar-refractivity contribution in [3.05, 3.63) is 69.8 Å². The molecule has 9 N–H and O–H groups in total. The number of piperidine rings is 1. The number of primary amides is 1. The number of nitrogens with one attached hydrogen (secondary N) is 4. The van der Waals surface area contributed by atoms with Gasteiger partial charge in [0.05, 0.1) is 23.1 Å². The standard InChI is InChI=1S/C48H62N9O12P/c1-48(2,18-16-39(49)58)53-44(63)37-13-10-31-17-19-55(25-34(45(64)56(31)37)51-42(61)33-24-30-23-29(9-11-32(30)50-33)46(65)70(67,68)69)41(60)22-27-6-4-26(5-7-27)20-28-8-12-35-38(21-28)54(3)47(66)57(35)36-14-15-40(59)52-43(36)62/h8-9,11-12,21,23-24,26-27,31,34,36-37,45,50,64H,4-7,10,13-20,22,25H2,1-3H3,(H2,49,58)(H,51,61)(H,53,63)(H,52,59,62)(H2,67,68,69)/t26?,27?,31-,34+,36?,37+,45?/m1/s1. The van der Waals surface area contributed by atoms with E-state index in [1.54, 1.807) is 30.7 Å². The van der Waals surface area contributed by atoms with Gasteiger partial charge in [0, 0.05) is 67.4 Å². The molecule has 70 heavy (non-hydrogen) atoms. The monoisotopic (exact) mass is 987 g/mol. The molecule has 5 heterocycles. The number of imidazole rings is 1. The van der Waals surface area contributed by atoms with Crippen molar-refractivity contribution in [1.29, 1.82) is 0 Å². The summed E-state index contributed by atoms with van der Waals surface area (Å²) in [5.41, 5.74) is 5.48. The van der Waals surface area contributed by atoms with Crippen molar-refractivity contribution >= 4 is 70.5 Å². The fourth-order valence-corrected chi connectivity index (χ4v) is 11.5. The first kappa shape index (κ1) is 50.4. The van der Waals surface area contributed by atoms with Gasteiger partial charge in [-0.05, 0) is 132 Å². The van der Waals surface area contributed by atoms with Crippen LogP contribution in [-0.2, 0) is 42.0 Å². The highest BCUT2D eigenvalue weighted by Crippen LogP contribution is 2.40. The summed E-state index contributed by atoms with van der Waals surface area (Å²) in [6.45, 7) is 3.81. The lowest BCUT2D eigenvalue weighted by Gasteiger charge is -2.43. The summed E-state index contributed by atoms with van der Waals surface area (Å²) in [5.74, 6) is -2.03. The normalized spacial score (nSPS) is 24.7. The van der Waals surface area contributed by atoms with Gasteiger partial charge < -0.3 is 41.1 Å². The Hall–Kier alpha value is -5.99. The first-order valence-electron chi connectivity index (χ1n) is 24.0. The number of aliphatic hydroxyl groups excluding tert-OH is 1. The minimum atomic E-state index is -5.07. The van der Waals surface area contributed by atoms with E-state index in [2.05, 4.69) is 20.9 Å². The maximum Gasteiger partial charge on any atom is 0.396 e. The number of carbonyl (C=O) groups excluding carboxylic acids is 7. The molecular formula is C48H62N9O12P. The fraction of sp³-hybridized carbons (Fsp3) is 0.542. The molecule has 3 aliphatic heterocycles. The number of amides is 6. The number of nitrogens with two attached hydrogens (primary N) is 1. The van der Waals surface area contributed by atoms with Crippen LogP contribution in [0.25, 0.3) is 21.9 Å². The molecule has 3 saturated heterocycles. The van der Waals surface area contributed by atoms with Gasteiger partial charge in [0.2, 0.25) is 29.5 Å². The second kappa shape index (κ2) is 20.0. The Morgan fingerprint density at radius 2 is 1.63 bits per heavy atom. The van der Waals surface area contributed by atoms with Crippen molar-refractivity contribution in [2.45, 2.75) is 133 Å². The number of aromatic nitrogens is 3. The number of aryl methyl sites for hydroxylation is 1. The SMILES string of the molecule is Cn1c(=O)n(C2CCC(=O)NC2=O)c2ccc(CC3CCC(CC(=O)N4CC[C@H]5CC[C@@H](C(=O)NC(C)(C)CCC(N)=O)N5C(O)[C@@H](NC(=O)c5cc6cc(C(=O)P(=O)(O)O)ccc6[nH]5)C4)CC3)cc21. The van der Waals surface area contributed by atoms with Crippen molar-refractivity contribution < 1.29 is 53.0 Å². The van der Waals surface area contributed by atoms with E-state index in [1.807, 2.05) is 18.2 Å². The maximum absolute atomic E-state index is 14.3. The predicted octanol–water partition coefficient (Wildman–Crippen LogP) is 2.20. The minimum Gasteiger partial charge on any atom is -0.376 e. The van der Waals surface area contributed by atoms with E-state index < -0.39 is 60.7 Å². The Kier molecular flexibility index (Phi) is 14.4. The molecule has 376 valence electrons. The number of hydrogen-bond acceptors (Lipinski definition) is 11. The molecule has 2 unspecified atom stereocenters. The third kappa shape index (κ3) is 10.8. The van der Waals surface area contributed by atoms with E-state index in [-0.39, 0.29) is 78.9 Å². The van der Waals surface area contributed by atoms with E-state index in [1.165, 1.54) is 33.4 Å². The molecule has 21 nitrogen and oxygen atoms in total. The van der Waals surface area contributed by atoms with E-state index in [4.69, 9.17) is 5.73 Å². The van der Waals surface area contributed by atoms with Gasteiger partial charge in [-0.1, -0.05) is 6.07 Å². The molecule has 1 aliphatic carbocycles. The number of carbonyl (C=O) groups is 7. The van der Waals surface area contributed by atoms with Crippen LogP contribution in [0.2, 0.25) is 0 Å². The quantitative estimate of drug-likeness (QED) is 0.0665. The summed E-state index contributed by atoms with van der Waals surface area (Å²) in [6, 6.07) is 8.22. The third-order valence-corrected chi connectivity index (χ3v) is 15.6. The Balaban J connectivity index is 0.949. The van der Waals surface area contributed by atoms with Gasteiger partial charge in [0.25, 0.3) is 11.4 Å². The summed E-state index contributed by atoms with van der Waals surface area (Å²) in [6.07, 6.45) is 5.17. The van der Waals surface area contributed by atoms with Crippen LogP contribution in [0.4, 0.5) is 0 Å². The van der Waals surface area contributed by atoms with Gasteiger partial charge in [0.15, 0.2) is 0 Å². The van der Waals surface area contributed by atoms with Crippen molar-refractivity contribution in [3.63, 3.8) is 0 Å². The van der Waals surface area contributed by atoms with Crippen molar-refractivity contribution in [2.24, 2.45) is 24.6 Å². The van der Waals surface area contributed by atoms with Gasteiger partial charge >= 0.3 is 13.3 Å². The van der Waals surface area contributed by atoms with Crippen LogP contribution in [0.3, 0.4) is 0 Å². The highest BCUT2D eigenvalue weighted by atomic mass is 31.2. The number of nitrogens with zero attached hydrogens (tertiary/aromatic N) is 4. The molecule has 2 aromatic heterocycles. The molecule has 22 heteroatoms. The summed E-state index contributed by atoms with van der Waals surface area (Å²) >= 11 is 0. The van der Waals surface area contributed by atoms with E-state index in [0.717, 1.165) is 37.7 Å². The van der Waals surface area contributed by atoms with Crippen molar-refractivity contribution in [2.75, 3.05) is 13.1 Å². The molecule has 6 amide bonds. The number of aliphatic hydroxyl groups is 1. The predicted molar refractivity (Wildman–Crippen MR) is 255 cm³/mol. The zero-order chi connectivity index (χ0) is 50.4. The summed E-state index contributed by atoms with van der Waals surface area (Å²) in [7, 11) is -3.40. The van der Waals surface area contributed by atoms with Crippen LogP contribution in [-0.4, -0.2) is 123 Å². The highest BCUT2D eigenvalue weighted by molar-refractivity contribution is 7.70. The highest BCUT2D eigenvalue weighted by Gasteiger charge is 2.47. The Labute approximate surface area is 403 Å². The van der Waals surface area contributed by atoms with Gasteiger partial charge in [-0.3, -0.25) is 57.5 Å². The first-order chi connectivity index (χ1) is 33.1. The number of fused-ring (bicyclic) bond motifs is 3. The van der Waals surface area contributed by atoms with E-state index in [0.29, 0.717) is 60.1 Å². The smallest absolute Gasteiger partial charge is 0.376 e. The molecule has 2 aromatic carbocycles. The van der Waals surface area contributed by atoms with Crippen LogP contribution < -0.4 is 27.4 Å². The molecule has 4 aromatic rings. The number of imide groups is 1. The molecule has 0 bridgehead atoms. The first-order valence-corrected chi connectivity index (χ1v) is 25.6. The number of hydrogen-bond donors (Lipinski definition) is 8. The van der Waals surface area contributed by atoms with Crippen LogP contribution in [0.1, 0.15) is 123 Å². The van der Waals surface area contributed by atoms with E-state index >= 15 is 0 Å². The largest absolute Gasteiger partial charge is 0.396 e. The van der Waals surface area contributed by atoms with Gasteiger partial charge in [-0.25, -0.2) is 4.79 Å². The molecule has 8 rings (SSSR count). The average molecular weight is 988 g/mol. The molecule has 4 fully saturated rings. The molecule has 5 atom stereocenters. The number of H-pyrrole nitrogens is 1. The summed E-state index contributed by atoms with van der Waals surface area (Å²) in [5, 5.41) is 20.8. The van der Waals surface area contributed by atoms with Crippen LogP contribution in [0, 0.1) is 11.8 Å². The van der Waals surface area contributed by atoms with Crippen LogP contribution in [0.5, 0.6) is 0 Å². The Morgan fingerprint density at radius 3 is 2.33 bits per heavy atom. The summed E-state index contributed by atoms with van der Waals surface area (Å²) < 4.78 is 14.7. The lowest BCUT2D eigenvalue weighted by molar-refractivity contribution is -0.141. The Bertz CT molecular complexity index is 2860. The second-order valence-corrected chi connectivity index (χ2v) is 21.8. The number of benzene rings is 2. The lowest BCUT2D eigenvalue weighted by atomic mass is 9.78. The van der Waals surface area contributed by atoms with Crippen LogP contribution >= 0.6 is 7.60 Å². The molecule has 0 spiro atoms. The topological polar surface area (TPSA) is 309 Å². The van der Waals surface area contributed by atoms with Gasteiger partial charge in [-0.2, -0.15) is 0 Å². The maximum atomic E-state index is 14.3. The lowest BCUT2D eigenvalue weighted by Crippen LogP contribution is -2.64. The fourth-order valence-electron chi connectivity index (χ4n) is 11.0. The van der Waals surface area contributed by atoms with E-state index in [9.17, 15) is 57.8 Å². The zero-order valence-corrected chi connectivity index (χ0v) is 40.4.